The smallest absolute Gasteiger partial charge is 0.333 e. The van der Waals surface area contributed by atoms with Crippen LogP contribution in [0.5, 0.6) is 0 Å². The molecule has 3 atom stereocenters. The van der Waals surface area contributed by atoms with E-state index in [2.05, 4.69) is 20.8 Å². The van der Waals surface area contributed by atoms with Crippen molar-refractivity contribution in [3.05, 3.63) is 11.6 Å². The Morgan fingerprint density at radius 3 is 2.44 bits per heavy atom. The molecule has 3 unspecified atom stereocenters. The zero-order valence-electron chi connectivity index (χ0n) is 12.4. The van der Waals surface area contributed by atoms with Crippen molar-refractivity contribution in [2.45, 2.75) is 66.4 Å². The summed E-state index contributed by atoms with van der Waals surface area (Å²) in [7, 11) is 0. The standard InChI is InChI=1S/C16H26O2/c1-6-11(7-2)14(17)18-13-10-12-8-9-16(13,5)15(12,3)4/h6,12-13H,7-10H2,1-5H3/b11-6+. The third-order valence-corrected chi connectivity index (χ3v) is 5.95. The fourth-order valence-corrected chi connectivity index (χ4v) is 3.98. The lowest BCUT2D eigenvalue weighted by Crippen LogP contribution is -2.38. The molecule has 18 heavy (non-hydrogen) atoms. The van der Waals surface area contributed by atoms with E-state index in [9.17, 15) is 4.79 Å². The molecule has 2 rings (SSSR count). The monoisotopic (exact) mass is 250 g/mol. The largest absolute Gasteiger partial charge is 0.458 e. The van der Waals surface area contributed by atoms with Gasteiger partial charge in [0.05, 0.1) is 0 Å². The molecule has 0 heterocycles. The first-order valence-electron chi connectivity index (χ1n) is 7.23. The van der Waals surface area contributed by atoms with Crippen molar-refractivity contribution in [1.29, 1.82) is 0 Å². The van der Waals surface area contributed by atoms with Gasteiger partial charge in [-0.05, 0) is 43.9 Å². The van der Waals surface area contributed by atoms with Crippen LogP contribution in [-0.4, -0.2) is 12.1 Å². The molecule has 2 saturated carbocycles. The maximum Gasteiger partial charge on any atom is 0.333 e. The van der Waals surface area contributed by atoms with Crippen molar-refractivity contribution in [2.24, 2.45) is 16.7 Å². The minimum atomic E-state index is -0.102. The summed E-state index contributed by atoms with van der Waals surface area (Å²) in [6, 6.07) is 0. The summed E-state index contributed by atoms with van der Waals surface area (Å²) in [6.45, 7) is 10.9. The van der Waals surface area contributed by atoms with E-state index in [-0.39, 0.29) is 17.5 Å². The van der Waals surface area contributed by atoms with Crippen molar-refractivity contribution < 1.29 is 9.53 Å². The lowest BCUT2D eigenvalue weighted by atomic mass is 9.70. The topological polar surface area (TPSA) is 26.3 Å². The number of hydrogen-bond acceptors (Lipinski definition) is 2. The Morgan fingerprint density at radius 2 is 2.06 bits per heavy atom. The van der Waals surface area contributed by atoms with Gasteiger partial charge < -0.3 is 4.74 Å². The van der Waals surface area contributed by atoms with E-state index in [4.69, 9.17) is 4.74 Å². The van der Waals surface area contributed by atoms with Crippen LogP contribution in [0.15, 0.2) is 11.6 Å². The van der Waals surface area contributed by atoms with Crippen LogP contribution in [0.25, 0.3) is 0 Å². The molecule has 0 aromatic carbocycles. The van der Waals surface area contributed by atoms with Crippen LogP contribution in [0.1, 0.15) is 60.3 Å². The van der Waals surface area contributed by atoms with Gasteiger partial charge >= 0.3 is 5.97 Å². The summed E-state index contributed by atoms with van der Waals surface area (Å²) in [5.74, 6) is 0.616. The lowest BCUT2D eigenvalue weighted by molar-refractivity contribution is -0.152. The Balaban J connectivity index is 2.12. The van der Waals surface area contributed by atoms with Gasteiger partial charge in [0.25, 0.3) is 0 Å². The van der Waals surface area contributed by atoms with Crippen molar-refractivity contribution >= 4 is 5.97 Å². The second kappa shape index (κ2) is 4.40. The van der Waals surface area contributed by atoms with E-state index in [1.54, 1.807) is 0 Å². The molecule has 2 heteroatoms. The summed E-state index contributed by atoms with van der Waals surface area (Å²) in [5, 5.41) is 0. The van der Waals surface area contributed by atoms with Gasteiger partial charge in [-0.3, -0.25) is 0 Å². The maximum atomic E-state index is 12.1. The molecule has 0 aromatic rings. The van der Waals surface area contributed by atoms with Gasteiger partial charge in [0.2, 0.25) is 0 Å². The highest BCUT2D eigenvalue weighted by Crippen LogP contribution is 2.66. The molecule has 2 aliphatic carbocycles. The minimum Gasteiger partial charge on any atom is -0.458 e. The van der Waals surface area contributed by atoms with Crippen LogP contribution >= 0.6 is 0 Å². The zero-order valence-corrected chi connectivity index (χ0v) is 12.4. The second-order valence-corrected chi connectivity index (χ2v) is 6.67. The maximum absolute atomic E-state index is 12.1. The van der Waals surface area contributed by atoms with Crippen LogP contribution in [0.3, 0.4) is 0 Å². The highest BCUT2D eigenvalue weighted by atomic mass is 16.5. The number of fused-ring (bicyclic) bond motifs is 2. The molecular formula is C16H26O2. The van der Waals surface area contributed by atoms with E-state index in [0.29, 0.717) is 5.41 Å². The Morgan fingerprint density at radius 1 is 1.39 bits per heavy atom. The van der Waals surface area contributed by atoms with Gasteiger partial charge in [-0.1, -0.05) is 33.8 Å². The number of ether oxygens (including phenoxy) is 1. The quantitative estimate of drug-likeness (QED) is 0.557. The van der Waals surface area contributed by atoms with Crippen LogP contribution in [0, 0.1) is 16.7 Å². The van der Waals surface area contributed by atoms with E-state index in [0.717, 1.165) is 24.3 Å². The molecule has 2 nitrogen and oxygen atoms in total. The number of carbonyl (C=O) groups excluding carboxylic acids is 1. The summed E-state index contributed by atoms with van der Waals surface area (Å²) >= 11 is 0. The predicted molar refractivity (Wildman–Crippen MR) is 73.2 cm³/mol. The first-order valence-corrected chi connectivity index (χ1v) is 7.23. The molecule has 2 fully saturated rings. The Labute approximate surface area is 111 Å². The molecule has 0 aromatic heterocycles. The first kappa shape index (κ1) is 13.6. The molecule has 0 saturated heterocycles. The molecule has 102 valence electrons. The highest BCUT2D eigenvalue weighted by molar-refractivity contribution is 5.88. The molecule has 0 radical (unpaired) electrons. The molecule has 0 N–H and O–H groups in total. The first-order chi connectivity index (χ1) is 8.36. The lowest BCUT2D eigenvalue weighted by Gasteiger charge is -2.38. The van der Waals surface area contributed by atoms with Crippen molar-refractivity contribution in [3.63, 3.8) is 0 Å². The fraction of sp³-hybridized carbons (Fsp3) is 0.812. The second-order valence-electron chi connectivity index (χ2n) is 6.67. The number of hydrogen-bond donors (Lipinski definition) is 0. The van der Waals surface area contributed by atoms with Crippen molar-refractivity contribution in [3.8, 4) is 0 Å². The number of allylic oxidation sites excluding steroid dienone is 1. The normalized spacial score (nSPS) is 37.9. The SMILES string of the molecule is C/C=C(\CC)C(=O)OC1CC2CCC1(C)C2(C)C. The minimum absolute atomic E-state index is 0.102. The van der Waals surface area contributed by atoms with Gasteiger partial charge in [0.15, 0.2) is 0 Å². The van der Waals surface area contributed by atoms with Gasteiger partial charge in [-0.25, -0.2) is 4.79 Å². The summed E-state index contributed by atoms with van der Waals surface area (Å²) in [4.78, 5) is 12.1. The summed E-state index contributed by atoms with van der Waals surface area (Å²) < 4.78 is 5.82. The third kappa shape index (κ3) is 1.72. The third-order valence-electron chi connectivity index (χ3n) is 5.95. The number of rotatable bonds is 3. The molecule has 0 spiro atoms. The Kier molecular flexibility index (Phi) is 3.33. The molecule has 0 amide bonds. The van der Waals surface area contributed by atoms with Crippen LogP contribution in [0.4, 0.5) is 0 Å². The molecule has 2 aliphatic rings. The predicted octanol–water partition coefficient (Wildman–Crippen LogP) is 4.10. The van der Waals surface area contributed by atoms with Crippen LogP contribution in [0.2, 0.25) is 0 Å². The molecule has 2 bridgehead atoms. The van der Waals surface area contributed by atoms with Crippen molar-refractivity contribution in [1.82, 2.24) is 0 Å². The van der Waals surface area contributed by atoms with Gasteiger partial charge in [0, 0.05) is 11.0 Å². The van der Waals surface area contributed by atoms with E-state index >= 15 is 0 Å². The van der Waals surface area contributed by atoms with E-state index in [1.165, 1.54) is 12.8 Å². The van der Waals surface area contributed by atoms with E-state index in [1.807, 2.05) is 19.9 Å². The molecular weight excluding hydrogens is 224 g/mol. The van der Waals surface area contributed by atoms with Crippen molar-refractivity contribution in [2.75, 3.05) is 0 Å². The van der Waals surface area contributed by atoms with Crippen LogP contribution < -0.4 is 0 Å². The number of esters is 1. The molecule has 0 aliphatic heterocycles. The van der Waals surface area contributed by atoms with Gasteiger partial charge in [-0.2, -0.15) is 0 Å². The summed E-state index contributed by atoms with van der Waals surface area (Å²) in [5.41, 5.74) is 1.28. The zero-order chi connectivity index (χ0) is 13.6. The Hall–Kier alpha value is -0.790. The summed E-state index contributed by atoms with van der Waals surface area (Å²) in [6.07, 6.45) is 6.28. The Bertz CT molecular complexity index is 381. The van der Waals surface area contributed by atoms with Gasteiger partial charge in [-0.15, -0.1) is 0 Å². The van der Waals surface area contributed by atoms with Crippen LogP contribution in [-0.2, 0) is 9.53 Å². The average Bonchev–Trinajstić information content (AvgIpc) is 2.63. The average molecular weight is 250 g/mol. The number of carbonyl (C=O) groups is 1. The van der Waals surface area contributed by atoms with E-state index < -0.39 is 0 Å². The fourth-order valence-electron chi connectivity index (χ4n) is 3.98. The van der Waals surface area contributed by atoms with Gasteiger partial charge in [0.1, 0.15) is 6.10 Å². The highest BCUT2D eigenvalue weighted by Gasteiger charge is 2.62.